The molecule has 0 radical (unpaired) electrons. The fourth-order valence-corrected chi connectivity index (χ4v) is 1.22. The minimum absolute atomic E-state index is 0.399. The SMILES string of the molecule is COc1ccccc1NC(=O)C(C)C(=O)S. The molecule has 16 heavy (non-hydrogen) atoms. The van der Waals surface area contributed by atoms with Gasteiger partial charge in [-0.25, -0.2) is 0 Å². The van der Waals surface area contributed by atoms with Crippen molar-refractivity contribution in [3.8, 4) is 5.75 Å². The zero-order valence-electron chi connectivity index (χ0n) is 9.06. The number of anilines is 1. The fourth-order valence-electron chi connectivity index (χ4n) is 1.10. The molecule has 0 bridgehead atoms. The molecule has 0 spiro atoms. The molecule has 86 valence electrons. The molecule has 0 aliphatic heterocycles. The summed E-state index contributed by atoms with van der Waals surface area (Å²) >= 11 is 3.62. The quantitative estimate of drug-likeness (QED) is 0.621. The Bertz CT molecular complexity index is 406. The van der Waals surface area contributed by atoms with Gasteiger partial charge in [-0.1, -0.05) is 12.1 Å². The van der Waals surface area contributed by atoms with Gasteiger partial charge < -0.3 is 10.1 Å². The molecule has 1 unspecified atom stereocenters. The molecule has 1 aromatic rings. The van der Waals surface area contributed by atoms with Crippen LogP contribution in [0.15, 0.2) is 24.3 Å². The maximum Gasteiger partial charge on any atom is 0.235 e. The number of rotatable bonds is 4. The first-order valence-electron chi connectivity index (χ1n) is 4.73. The fraction of sp³-hybridized carbons (Fsp3) is 0.273. The number of hydrogen-bond acceptors (Lipinski definition) is 3. The van der Waals surface area contributed by atoms with E-state index in [0.717, 1.165) is 0 Å². The van der Waals surface area contributed by atoms with Crippen LogP contribution in [-0.2, 0) is 9.59 Å². The van der Waals surface area contributed by atoms with E-state index in [1.807, 2.05) is 0 Å². The van der Waals surface area contributed by atoms with E-state index in [2.05, 4.69) is 17.9 Å². The summed E-state index contributed by atoms with van der Waals surface area (Å²) in [6.45, 7) is 1.50. The van der Waals surface area contributed by atoms with Crippen LogP contribution in [-0.4, -0.2) is 18.1 Å². The van der Waals surface area contributed by atoms with Gasteiger partial charge in [-0.15, -0.1) is 12.6 Å². The molecular formula is C11H13NO3S. The molecule has 0 aliphatic carbocycles. The largest absolute Gasteiger partial charge is 0.495 e. The van der Waals surface area contributed by atoms with Crippen LogP contribution in [0.5, 0.6) is 5.75 Å². The Balaban J connectivity index is 2.80. The zero-order valence-corrected chi connectivity index (χ0v) is 9.95. The van der Waals surface area contributed by atoms with Gasteiger partial charge in [-0.2, -0.15) is 0 Å². The molecule has 1 aromatic carbocycles. The Morgan fingerprint density at radius 2 is 2.00 bits per heavy atom. The summed E-state index contributed by atoms with van der Waals surface area (Å²) in [5.41, 5.74) is 0.538. The smallest absolute Gasteiger partial charge is 0.235 e. The molecular weight excluding hydrogens is 226 g/mol. The van der Waals surface area contributed by atoms with Gasteiger partial charge >= 0.3 is 0 Å². The van der Waals surface area contributed by atoms with Crippen LogP contribution in [0, 0.1) is 5.92 Å². The lowest BCUT2D eigenvalue weighted by atomic mass is 10.2. The van der Waals surface area contributed by atoms with Crippen molar-refractivity contribution in [3.63, 3.8) is 0 Å². The predicted molar refractivity (Wildman–Crippen MR) is 64.8 cm³/mol. The van der Waals surface area contributed by atoms with E-state index < -0.39 is 16.9 Å². The topological polar surface area (TPSA) is 55.4 Å². The highest BCUT2D eigenvalue weighted by atomic mass is 32.1. The first kappa shape index (κ1) is 12.6. The Kier molecular flexibility index (Phi) is 4.37. The maximum absolute atomic E-state index is 11.6. The summed E-state index contributed by atoms with van der Waals surface area (Å²) in [4.78, 5) is 22.5. The highest BCUT2D eigenvalue weighted by Crippen LogP contribution is 2.23. The van der Waals surface area contributed by atoms with Gasteiger partial charge in [0.1, 0.15) is 11.7 Å². The molecule has 0 aliphatic rings. The van der Waals surface area contributed by atoms with Gasteiger partial charge in [-0.05, 0) is 19.1 Å². The van der Waals surface area contributed by atoms with Crippen molar-refractivity contribution in [3.05, 3.63) is 24.3 Å². The summed E-state index contributed by atoms with van der Waals surface area (Å²) < 4.78 is 5.07. The molecule has 0 fully saturated rings. The third-order valence-electron chi connectivity index (χ3n) is 2.13. The van der Waals surface area contributed by atoms with Gasteiger partial charge in [-0.3, -0.25) is 9.59 Å². The highest BCUT2D eigenvalue weighted by Gasteiger charge is 2.19. The molecule has 1 amide bonds. The van der Waals surface area contributed by atoms with Crippen LogP contribution in [0.4, 0.5) is 5.69 Å². The van der Waals surface area contributed by atoms with Crippen LogP contribution in [0.25, 0.3) is 0 Å². The first-order chi connectivity index (χ1) is 7.56. The second-order valence-corrected chi connectivity index (χ2v) is 3.69. The number of ether oxygens (including phenoxy) is 1. The second-order valence-electron chi connectivity index (χ2n) is 3.25. The summed E-state index contributed by atoms with van der Waals surface area (Å²) in [6.07, 6.45) is 0. The first-order valence-corrected chi connectivity index (χ1v) is 5.17. The van der Waals surface area contributed by atoms with Crippen molar-refractivity contribution in [1.29, 1.82) is 0 Å². The predicted octanol–water partition coefficient (Wildman–Crippen LogP) is 1.73. The number of benzene rings is 1. The maximum atomic E-state index is 11.6. The minimum Gasteiger partial charge on any atom is -0.495 e. The van der Waals surface area contributed by atoms with E-state index >= 15 is 0 Å². The molecule has 0 aromatic heterocycles. The number of amides is 1. The van der Waals surface area contributed by atoms with Crippen LogP contribution in [0.2, 0.25) is 0 Å². The lowest BCUT2D eigenvalue weighted by molar-refractivity contribution is -0.125. The molecule has 1 atom stereocenters. The van der Waals surface area contributed by atoms with E-state index in [1.165, 1.54) is 14.0 Å². The number of nitrogens with one attached hydrogen (secondary N) is 1. The molecule has 0 saturated carbocycles. The lowest BCUT2D eigenvalue weighted by Gasteiger charge is -2.11. The Hall–Kier alpha value is -1.49. The van der Waals surface area contributed by atoms with Crippen LogP contribution in [0.1, 0.15) is 6.92 Å². The Morgan fingerprint density at radius 1 is 1.38 bits per heavy atom. The van der Waals surface area contributed by atoms with Gasteiger partial charge in [0.25, 0.3) is 0 Å². The summed E-state index contributed by atoms with van der Waals surface area (Å²) in [6, 6.07) is 6.99. The normalized spacial score (nSPS) is 11.7. The molecule has 0 heterocycles. The standard InChI is InChI=1S/C11H13NO3S/c1-7(11(14)16)10(13)12-8-5-3-4-6-9(8)15-2/h3-7H,1-2H3,(H,12,13)(H,14,16). The zero-order chi connectivity index (χ0) is 12.1. The number of carbonyl (C=O) groups is 2. The van der Waals surface area contributed by atoms with Gasteiger partial charge in [0.2, 0.25) is 5.91 Å². The van der Waals surface area contributed by atoms with Crippen LogP contribution < -0.4 is 10.1 Å². The molecule has 1 N–H and O–H groups in total. The highest BCUT2D eigenvalue weighted by molar-refractivity contribution is 7.96. The van der Waals surface area contributed by atoms with Crippen molar-refractivity contribution in [2.24, 2.45) is 5.92 Å². The number of para-hydroxylation sites is 2. The molecule has 4 nitrogen and oxygen atoms in total. The van der Waals surface area contributed by atoms with Crippen molar-refractivity contribution in [2.45, 2.75) is 6.92 Å². The third-order valence-corrected chi connectivity index (χ3v) is 2.52. The monoisotopic (exact) mass is 239 g/mol. The minimum atomic E-state index is -0.784. The lowest BCUT2D eigenvalue weighted by Crippen LogP contribution is -2.24. The van der Waals surface area contributed by atoms with Crippen molar-refractivity contribution >= 4 is 29.3 Å². The third kappa shape index (κ3) is 3.00. The Labute approximate surface area is 99.4 Å². The van der Waals surface area contributed by atoms with Gasteiger partial charge in [0.15, 0.2) is 5.12 Å². The van der Waals surface area contributed by atoms with Crippen molar-refractivity contribution < 1.29 is 14.3 Å². The number of methoxy groups -OCH3 is 1. The van der Waals surface area contributed by atoms with E-state index in [0.29, 0.717) is 11.4 Å². The van der Waals surface area contributed by atoms with Gasteiger partial charge in [0.05, 0.1) is 12.8 Å². The summed E-state index contributed by atoms with van der Waals surface area (Å²) in [7, 11) is 1.51. The molecule has 0 saturated heterocycles. The van der Waals surface area contributed by atoms with E-state index in [-0.39, 0.29) is 0 Å². The average Bonchev–Trinajstić information content (AvgIpc) is 2.28. The van der Waals surface area contributed by atoms with E-state index in [4.69, 9.17) is 4.74 Å². The van der Waals surface area contributed by atoms with E-state index in [1.54, 1.807) is 24.3 Å². The van der Waals surface area contributed by atoms with Crippen LogP contribution in [0.3, 0.4) is 0 Å². The second kappa shape index (κ2) is 5.55. The number of thiol groups is 1. The summed E-state index contributed by atoms with van der Waals surface area (Å²) in [5.74, 6) is -0.632. The molecule has 1 rings (SSSR count). The number of carbonyl (C=O) groups excluding carboxylic acids is 2. The average molecular weight is 239 g/mol. The molecule has 5 heteroatoms. The van der Waals surface area contributed by atoms with Crippen LogP contribution >= 0.6 is 12.6 Å². The summed E-state index contributed by atoms with van der Waals surface area (Å²) in [5, 5.41) is 2.14. The van der Waals surface area contributed by atoms with Crippen molar-refractivity contribution in [2.75, 3.05) is 12.4 Å². The van der Waals surface area contributed by atoms with Gasteiger partial charge in [0, 0.05) is 0 Å². The number of hydrogen-bond donors (Lipinski definition) is 2. The van der Waals surface area contributed by atoms with E-state index in [9.17, 15) is 9.59 Å². The van der Waals surface area contributed by atoms with Crippen molar-refractivity contribution in [1.82, 2.24) is 0 Å². The Morgan fingerprint density at radius 3 is 2.56 bits per heavy atom.